The molecule has 2 atom stereocenters. The van der Waals surface area contributed by atoms with Crippen LogP contribution in [0.1, 0.15) is 19.8 Å². The van der Waals surface area contributed by atoms with Crippen LogP contribution in [0.3, 0.4) is 0 Å². The fourth-order valence-corrected chi connectivity index (χ4v) is 1.16. The zero-order chi connectivity index (χ0) is 11.1. The molecule has 0 saturated carbocycles. The maximum atomic E-state index is 10.9. The summed E-state index contributed by atoms with van der Waals surface area (Å²) in [6, 6.07) is -0.864. The molecular formula is C8H15IN2O3. The number of carboxylic acids is 1. The molecular weight excluding hydrogens is 299 g/mol. The second kappa shape index (κ2) is 6.99. The first-order valence-corrected chi connectivity index (χ1v) is 5.83. The number of aliphatic carboxylic acids is 1. The summed E-state index contributed by atoms with van der Waals surface area (Å²) in [5, 5.41) is 11.2. The number of alkyl halides is 1. The summed E-state index contributed by atoms with van der Waals surface area (Å²) in [5.74, 6) is -1.04. The average molecular weight is 314 g/mol. The van der Waals surface area contributed by atoms with E-state index in [1.165, 1.54) is 0 Å². The van der Waals surface area contributed by atoms with Gasteiger partial charge in [-0.2, -0.15) is 0 Å². The van der Waals surface area contributed by atoms with E-state index in [-0.39, 0.29) is 11.9 Å². The highest BCUT2D eigenvalue weighted by atomic mass is 127. The van der Waals surface area contributed by atoms with Gasteiger partial charge in [0.05, 0.1) is 4.43 Å². The molecule has 0 rings (SSSR count). The minimum atomic E-state index is -1.00. The fourth-order valence-electron chi connectivity index (χ4n) is 0.939. The molecule has 0 aliphatic rings. The largest absolute Gasteiger partial charge is 0.480 e. The van der Waals surface area contributed by atoms with Gasteiger partial charge in [-0.25, -0.2) is 0 Å². The van der Waals surface area contributed by atoms with Gasteiger partial charge in [-0.15, -0.1) is 0 Å². The number of rotatable bonds is 6. The van der Waals surface area contributed by atoms with Crippen molar-refractivity contribution in [2.75, 3.05) is 4.43 Å². The average Bonchev–Trinajstić information content (AvgIpc) is 2.13. The Morgan fingerprint density at radius 1 is 1.50 bits per heavy atom. The Morgan fingerprint density at radius 2 is 2.07 bits per heavy atom. The Balaban J connectivity index is 3.68. The quantitative estimate of drug-likeness (QED) is 0.479. The molecule has 0 saturated heterocycles. The first kappa shape index (κ1) is 13.6. The van der Waals surface area contributed by atoms with Gasteiger partial charge in [0.1, 0.15) is 6.04 Å². The van der Waals surface area contributed by atoms with Gasteiger partial charge in [0.2, 0.25) is 5.91 Å². The number of carboxylic acid groups (broad SMARTS) is 1. The zero-order valence-electron chi connectivity index (χ0n) is 8.00. The minimum absolute atomic E-state index is 0.0253. The van der Waals surface area contributed by atoms with Crippen LogP contribution in [0.2, 0.25) is 0 Å². The Hall–Kier alpha value is -0.370. The minimum Gasteiger partial charge on any atom is -0.480 e. The molecule has 0 radical (unpaired) electrons. The summed E-state index contributed by atoms with van der Waals surface area (Å²) >= 11 is 1.97. The summed E-state index contributed by atoms with van der Waals surface area (Å²) in [5.41, 5.74) is 5.31. The number of hydrogen-bond donors (Lipinski definition) is 3. The van der Waals surface area contributed by atoms with Crippen LogP contribution in [0.5, 0.6) is 0 Å². The Labute approximate surface area is 96.6 Å². The SMILES string of the molecule is C[C@@H](CCC(N)C(=O)O)NC(=O)CI. The maximum absolute atomic E-state index is 10.9. The van der Waals surface area contributed by atoms with E-state index in [0.29, 0.717) is 17.3 Å². The summed E-state index contributed by atoms with van der Waals surface area (Å²) in [6.07, 6.45) is 0.952. The third-order valence-electron chi connectivity index (χ3n) is 1.76. The molecule has 1 amide bonds. The predicted octanol–water partition coefficient (Wildman–Crippen LogP) is 0.118. The van der Waals surface area contributed by atoms with E-state index >= 15 is 0 Å². The number of nitrogens with one attached hydrogen (secondary N) is 1. The van der Waals surface area contributed by atoms with Crippen LogP contribution in [-0.4, -0.2) is 33.5 Å². The van der Waals surface area contributed by atoms with Gasteiger partial charge >= 0.3 is 5.97 Å². The molecule has 4 N–H and O–H groups in total. The van der Waals surface area contributed by atoms with Crippen molar-refractivity contribution in [3.8, 4) is 0 Å². The van der Waals surface area contributed by atoms with Gasteiger partial charge in [-0.05, 0) is 19.8 Å². The lowest BCUT2D eigenvalue weighted by Crippen LogP contribution is -2.36. The van der Waals surface area contributed by atoms with Crippen LogP contribution in [0.15, 0.2) is 0 Å². The van der Waals surface area contributed by atoms with E-state index in [0.717, 1.165) is 0 Å². The van der Waals surface area contributed by atoms with Gasteiger partial charge in [-0.1, -0.05) is 22.6 Å². The topological polar surface area (TPSA) is 92.4 Å². The van der Waals surface area contributed by atoms with Crippen molar-refractivity contribution in [2.45, 2.75) is 31.8 Å². The number of halogens is 1. The van der Waals surface area contributed by atoms with Gasteiger partial charge < -0.3 is 16.2 Å². The fraction of sp³-hybridized carbons (Fsp3) is 0.750. The molecule has 1 unspecified atom stereocenters. The summed E-state index contributed by atoms with van der Waals surface area (Å²) in [7, 11) is 0. The molecule has 0 heterocycles. The standard InChI is InChI=1S/C8H15IN2O3/c1-5(11-7(12)4-9)2-3-6(10)8(13)14/h5-6H,2-4,10H2,1H3,(H,11,12)(H,13,14)/t5-,6?/m0/s1. The molecule has 0 aromatic rings. The van der Waals surface area contributed by atoms with Crippen LogP contribution < -0.4 is 11.1 Å². The first-order valence-electron chi connectivity index (χ1n) is 4.31. The molecule has 0 fully saturated rings. The van der Waals surface area contributed by atoms with Crippen LogP contribution in [0, 0.1) is 0 Å². The monoisotopic (exact) mass is 314 g/mol. The van der Waals surface area contributed by atoms with Gasteiger partial charge in [0.25, 0.3) is 0 Å². The van der Waals surface area contributed by atoms with E-state index in [4.69, 9.17) is 10.8 Å². The second-order valence-electron chi connectivity index (χ2n) is 3.12. The molecule has 0 aliphatic heterocycles. The van der Waals surface area contributed by atoms with Crippen LogP contribution >= 0.6 is 22.6 Å². The molecule has 0 bridgehead atoms. The smallest absolute Gasteiger partial charge is 0.320 e. The maximum Gasteiger partial charge on any atom is 0.320 e. The van der Waals surface area contributed by atoms with E-state index in [1.54, 1.807) is 0 Å². The first-order chi connectivity index (χ1) is 6.47. The molecule has 82 valence electrons. The molecule has 5 nitrogen and oxygen atoms in total. The van der Waals surface area contributed by atoms with Crippen molar-refractivity contribution in [2.24, 2.45) is 5.73 Å². The predicted molar refractivity (Wildman–Crippen MR) is 61.3 cm³/mol. The Kier molecular flexibility index (Phi) is 6.81. The molecule has 0 aliphatic carbocycles. The summed E-state index contributed by atoms with van der Waals surface area (Å²) < 4.78 is 0.410. The zero-order valence-corrected chi connectivity index (χ0v) is 10.2. The number of amides is 1. The van der Waals surface area contributed by atoms with Crippen LogP contribution in [-0.2, 0) is 9.59 Å². The Morgan fingerprint density at radius 3 is 2.50 bits per heavy atom. The number of carbonyl (C=O) groups excluding carboxylic acids is 1. The number of nitrogens with two attached hydrogens (primary N) is 1. The van der Waals surface area contributed by atoms with E-state index in [9.17, 15) is 9.59 Å². The number of carbonyl (C=O) groups is 2. The lowest BCUT2D eigenvalue weighted by molar-refractivity contribution is -0.138. The van der Waals surface area contributed by atoms with Crippen LogP contribution in [0.25, 0.3) is 0 Å². The summed E-state index contributed by atoms with van der Waals surface area (Å²) in [6.45, 7) is 1.83. The van der Waals surface area contributed by atoms with Crippen molar-refractivity contribution in [3.63, 3.8) is 0 Å². The van der Waals surface area contributed by atoms with E-state index < -0.39 is 12.0 Å². The highest BCUT2D eigenvalue weighted by molar-refractivity contribution is 14.1. The highest BCUT2D eigenvalue weighted by Crippen LogP contribution is 2.00. The van der Waals surface area contributed by atoms with Crippen molar-refractivity contribution < 1.29 is 14.7 Å². The Bertz CT molecular complexity index is 211. The van der Waals surface area contributed by atoms with Crippen LogP contribution in [0.4, 0.5) is 0 Å². The lowest BCUT2D eigenvalue weighted by atomic mass is 10.1. The summed E-state index contributed by atoms with van der Waals surface area (Å²) in [4.78, 5) is 21.3. The molecule has 0 aromatic carbocycles. The van der Waals surface area contributed by atoms with Gasteiger partial charge in [0.15, 0.2) is 0 Å². The molecule has 0 spiro atoms. The van der Waals surface area contributed by atoms with Gasteiger partial charge in [0, 0.05) is 6.04 Å². The van der Waals surface area contributed by atoms with Crippen molar-refractivity contribution >= 4 is 34.5 Å². The molecule has 6 heteroatoms. The normalized spacial score (nSPS) is 14.5. The molecule has 0 aromatic heterocycles. The van der Waals surface area contributed by atoms with Crippen molar-refractivity contribution in [1.29, 1.82) is 0 Å². The van der Waals surface area contributed by atoms with Crippen molar-refractivity contribution in [1.82, 2.24) is 5.32 Å². The van der Waals surface area contributed by atoms with Gasteiger partial charge in [-0.3, -0.25) is 9.59 Å². The second-order valence-corrected chi connectivity index (χ2v) is 3.89. The van der Waals surface area contributed by atoms with E-state index in [1.807, 2.05) is 29.5 Å². The highest BCUT2D eigenvalue weighted by Gasteiger charge is 2.13. The molecule has 14 heavy (non-hydrogen) atoms. The third kappa shape index (κ3) is 6.14. The lowest BCUT2D eigenvalue weighted by Gasteiger charge is -2.14. The van der Waals surface area contributed by atoms with Crippen molar-refractivity contribution in [3.05, 3.63) is 0 Å². The number of hydrogen-bond acceptors (Lipinski definition) is 3. The van der Waals surface area contributed by atoms with E-state index in [2.05, 4.69) is 5.32 Å². The third-order valence-corrected chi connectivity index (χ3v) is 2.45.